The third-order valence-corrected chi connectivity index (χ3v) is 5.10. The number of nitrogens with one attached hydrogen (secondary N) is 1. The van der Waals surface area contributed by atoms with Gasteiger partial charge in [0.05, 0.1) is 18.3 Å². The Morgan fingerprint density at radius 3 is 3.10 bits per heavy atom. The number of halogens is 1. The van der Waals surface area contributed by atoms with Gasteiger partial charge in [0.15, 0.2) is 0 Å². The first-order valence-electron chi connectivity index (χ1n) is 7.42. The maximum atomic E-state index is 9.41. The van der Waals surface area contributed by atoms with Crippen LogP contribution in [0.4, 0.5) is 0 Å². The second kappa shape index (κ2) is 6.38. The number of rotatable bonds is 5. The van der Waals surface area contributed by atoms with Gasteiger partial charge in [-0.05, 0) is 65.5 Å². The van der Waals surface area contributed by atoms with Gasteiger partial charge in [0.2, 0.25) is 0 Å². The van der Waals surface area contributed by atoms with Crippen LogP contribution in [0, 0.1) is 0 Å². The van der Waals surface area contributed by atoms with Crippen molar-refractivity contribution in [2.75, 3.05) is 26.8 Å². The minimum absolute atomic E-state index is 0.267. The maximum Gasteiger partial charge on any atom is 0.119 e. The number of nitrogens with zero attached hydrogens (tertiary/aromatic N) is 1. The number of aliphatic hydroxyl groups is 1. The van der Waals surface area contributed by atoms with Crippen molar-refractivity contribution in [2.45, 2.75) is 25.3 Å². The molecule has 114 valence electrons. The molecule has 0 spiro atoms. The molecule has 21 heavy (non-hydrogen) atoms. The molecule has 0 saturated carbocycles. The summed E-state index contributed by atoms with van der Waals surface area (Å²) in [5, 5.41) is 10.6. The van der Waals surface area contributed by atoms with Crippen molar-refractivity contribution < 1.29 is 9.84 Å². The fraction of sp³-hybridized carbons (Fsp3) is 0.500. The lowest BCUT2D eigenvalue weighted by molar-refractivity contribution is 0.160. The number of H-pyrrole nitrogens is 1. The Morgan fingerprint density at radius 1 is 1.48 bits per heavy atom. The molecule has 2 heterocycles. The molecule has 1 aromatic carbocycles. The highest BCUT2D eigenvalue weighted by Crippen LogP contribution is 2.30. The van der Waals surface area contributed by atoms with E-state index in [0.29, 0.717) is 6.04 Å². The summed E-state index contributed by atoms with van der Waals surface area (Å²) in [5.74, 6) is 0.879. The number of likely N-dealkylation sites (tertiary alicyclic amines) is 1. The topological polar surface area (TPSA) is 48.5 Å². The van der Waals surface area contributed by atoms with Crippen molar-refractivity contribution in [3.63, 3.8) is 0 Å². The van der Waals surface area contributed by atoms with Gasteiger partial charge in [-0.2, -0.15) is 0 Å². The Bertz CT molecular complexity index is 626. The molecule has 0 radical (unpaired) electrons. The molecule has 0 amide bonds. The standard InChI is InChI=1S/C16H21BrN2O2/c1-21-12-4-5-15-14(9-12)13(16(17)18-15)6-8-19-7-2-3-11(19)10-20/h4-5,9,11,18,20H,2-3,6-8,10H2,1H3. The number of aliphatic hydroxyl groups excluding tert-OH is 1. The lowest BCUT2D eigenvalue weighted by atomic mass is 10.1. The van der Waals surface area contributed by atoms with Crippen molar-refractivity contribution in [3.05, 3.63) is 28.4 Å². The van der Waals surface area contributed by atoms with E-state index in [0.717, 1.165) is 41.8 Å². The highest BCUT2D eigenvalue weighted by molar-refractivity contribution is 9.10. The van der Waals surface area contributed by atoms with E-state index in [9.17, 15) is 5.11 Å². The highest BCUT2D eigenvalue weighted by Gasteiger charge is 2.23. The van der Waals surface area contributed by atoms with Crippen LogP contribution in [0.2, 0.25) is 0 Å². The molecule has 3 rings (SSSR count). The Balaban J connectivity index is 1.81. The summed E-state index contributed by atoms with van der Waals surface area (Å²) in [6.45, 7) is 2.34. The van der Waals surface area contributed by atoms with E-state index in [4.69, 9.17) is 4.74 Å². The van der Waals surface area contributed by atoms with Gasteiger partial charge in [-0.1, -0.05) is 0 Å². The molecule has 5 heteroatoms. The van der Waals surface area contributed by atoms with Crippen molar-refractivity contribution in [1.29, 1.82) is 0 Å². The van der Waals surface area contributed by atoms with Gasteiger partial charge < -0.3 is 14.8 Å². The molecule has 1 saturated heterocycles. The van der Waals surface area contributed by atoms with Crippen LogP contribution in [0.3, 0.4) is 0 Å². The minimum atomic E-state index is 0.267. The Morgan fingerprint density at radius 2 is 2.33 bits per heavy atom. The van der Waals surface area contributed by atoms with E-state index in [2.05, 4.69) is 37.9 Å². The lowest BCUT2D eigenvalue weighted by Crippen LogP contribution is -2.33. The zero-order chi connectivity index (χ0) is 14.8. The fourth-order valence-corrected chi connectivity index (χ4v) is 3.84. The van der Waals surface area contributed by atoms with Gasteiger partial charge in [0, 0.05) is 23.5 Å². The second-order valence-corrected chi connectivity index (χ2v) is 6.39. The van der Waals surface area contributed by atoms with Crippen LogP contribution in [0.1, 0.15) is 18.4 Å². The van der Waals surface area contributed by atoms with Gasteiger partial charge in [0.1, 0.15) is 5.75 Å². The van der Waals surface area contributed by atoms with E-state index >= 15 is 0 Å². The average Bonchev–Trinajstić information content (AvgIpc) is 3.07. The average molecular weight is 353 g/mol. The zero-order valence-electron chi connectivity index (χ0n) is 12.2. The van der Waals surface area contributed by atoms with E-state index in [1.54, 1.807) is 7.11 Å². The number of aromatic amines is 1. The van der Waals surface area contributed by atoms with Crippen LogP contribution in [0.5, 0.6) is 5.75 Å². The zero-order valence-corrected chi connectivity index (χ0v) is 13.8. The monoisotopic (exact) mass is 352 g/mol. The highest BCUT2D eigenvalue weighted by atomic mass is 79.9. The summed E-state index contributed by atoms with van der Waals surface area (Å²) < 4.78 is 6.37. The molecule has 1 aliphatic rings. The lowest BCUT2D eigenvalue weighted by Gasteiger charge is -2.22. The van der Waals surface area contributed by atoms with Crippen molar-refractivity contribution in [2.24, 2.45) is 0 Å². The smallest absolute Gasteiger partial charge is 0.119 e. The number of hydrogen-bond donors (Lipinski definition) is 2. The first-order valence-corrected chi connectivity index (χ1v) is 8.21. The van der Waals surface area contributed by atoms with Crippen molar-refractivity contribution in [3.8, 4) is 5.75 Å². The van der Waals surface area contributed by atoms with Crippen LogP contribution in [-0.2, 0) is 6.42 Å². The summed E-state index contributed by atoms with van der Waals surface area (Å²) in [5.41, 5.74) is 2.41. The third kappa shape index (κ3) is 2.96. The molecular weight excluding hydrogens is 332 g/mol. The first-order chi connectivity index (χ1) is 10.2. The quantitative estimate of drug-likeness (QED) is 0.869. The molecule has 1 aliphatic heterocycles. The maximum absolute atomic E-state index is 9.41. The molecule has 4 nitrogen and oxygen atoms in total. The van der Waals surface area contributed by atoms with Crippen LogP contribution >= 0.6 is 15.9 Å². The second-order valence-electron chi connectivity index (χ2n) is 5.59. The Labute approximate surface area is 133 Å². The van der Waals surface area contributed by atoms with E-state index < -0.39 is 0 Å². The predicted octanol–water partition coefficient (Wildman–Crippen LogP) is 2.94. The summed E-state index contributed by atoms with van der Waals surface area (Å²) in [7, 11) is 1.69. The van der Waals surface area contributed by atoms with Gasteiger partial charge in [0.25, 0.3) is 0 Å². The summed E-state index contributed by atoms with van der Waals surface area (Å²) in [4.78, 5) is 5.77. The van der Waals surface area contributed by atoms with E-state index in [1.165, 1.54) is 17.4 Å². The minimum Gasteiger partial charge on any atom is -0.497 e. The van der Waals surface area contributed by atoms with Gasteiger partial charge in [-0.3, -0.25) is 4.90 Å². The summed E-state index contributed by atoms with van der Waals surface area (Å²) >= 11 is 3.63. The normalized spacial score (nSPS) is 19.5. The molecule has 1 atom stereocenters. The van der Waals surface area contributed by atoms with Gasteiger partial charge in [-0.25, -0.2) is 0 Å². The SMILES string of the molecule is COc1ccc2[nH]c(Br)c(CCN3CCCC3CO)c2c1. The third-order valence-electron chi connectivity index (χ3n) is 4.42. The Kier molecular flexibility index (Phi) is 4.52. The first kappa shape index (κ1) is 14.9. The van der Waals surface area contributed by atoms with Crippen LogP contribution in [0.25, 0.3) is 10.9 Å². The summed E-state index contributed by atoms with van der Waals surface area (Å²) in [6, 6.07) is 6.44. The van der Waals surface area contributed by atoms with Crippen molar-refractivity contribution >= 4 is 26.8 Å². The van der Waals surface area contributed by atoms with E-state index in [-0.39, 0.29) is 6.61 Å². The molecule has 2 N–H and O–H groups in total. The molecule has 2 aromatic rings. The predicted molar refractivity (Wildman–Crippen MR) is 87.9 cm³/mol. The largest absolute Gasteiger partial charge is 0.497 e. The molecule has 0 aliphatic carbocycles. The van der Waals surface area contributed by atoms with Crippen molar-refractivity contribution in [1.82, 2.24) is 9.88 Å². The van der Waals surface area contributed by atoms with Crippen LogP contribution in [0.15, 0.2) is 22.8 Å². The fourth-order valence-electron chi connectivity index (χ4n) is 3.22. The summed E-state index contributed by atoms with van der Waals surface area (Å²) in [6.07, 6.45) is 3.26. The number of aromatic nitrogens is 1. The molecule has 1 aromatic heterocycles. The number of methoxy groups -OCH3 is 1. The van der Waals surface area contributed by atoms with E-state index in [1.807, 2.05) is 6.07 Å². The van der Waals surface area contributed by atoms with Gasteiger partial charge >= 0.3 is 0 Å². The molecule has 1 fully saturated rings. The van der Waals surface area contributed by atoms with Crippen LogP contribution < -0.4 is 4.74 Å². The van der Waals surface area contributed by atoms with Crippen LogP contribution in [-0.4, -0.2) is 47.8 Å². The molecule has 0 bridgehead atoms. The number of ether oxygens (including phenoxy) is 1. The molecular formula is C16H21BrN2O2. The number of benzene rings is 1. The molecule has 1 unspecified atom stereocenters. The number of fused-ring (bicyclic) bond motifs is 1. The number of hydrogen-bond acceptors (Lipinski definition) is 3. The Hall–Kier alpha value is -1.04. The van der Waals surface area contributed by atoms with Gasteiger partial charge in [-0.15, -0.1) is 0 Å².